The first-order chi connectivity index (χ1) is 9.33. The van der Waals surface area contributed by atoms with E-state index in [0.717, 1.165) is 45.3 Å². The van der Waals surface area contributed by atoms with Crippen LogP contribution in [-0.4, -0.2) is 25.5 Å². The largest absolute Gasteiger partial charge is 0.356 e. The maximum atomic E-state index is 11.4. The highest BCUT2D eigenvalue weighted by molar-refractivity contribution is 5.75. The highest BCUT2D eigenvalue weighted by Crippen LogP contribution is 2.01. The Labute approximate surface area is 116 Å². The zero-order valence-electron chi connectivity index (χ0n) is 12.0. The third-order valence-corrected chi connectivity index (χ3v) is 3.04. The molecule has 1 amide bonds. The molecule has 0 aliphatic rings. The average molecular weight is 262 g/mol. The predicted octanol–water partition coefficient (Wildman–Crippen LogP) is 2.52. The number of unbranched alkanes of at least 4 members (excludes halogenated alkanes) is 1. The summed E-state index contributed by atoms with van der Waals surface area (Å²) in [5.41, 5.74) is 1.38. The van der Waals surface area contributed by atoms with Gasteiger partial charge in [-0.15, -0.1) is 0 Å². The molecular formula is C16H26N2O. The van der Waals surface area contributed by atoms with Crippen molar-refractivity contribution in [1.29, 1.82) is 0 Å². The van der Waals surface area contributed by atoms with Crippen LogP contribution in [0, 0.1) is 0 Å². The van der Waals surface area contributed by atoms with E-state index in [2.05, 4.69) is 41.8 Å². The van der Waals surface area contributed by atoms with Crippen molar-refractivity contribution in [2.45, 2.75) is 39.0 Å². The lowest BCUT2D eigenvalue weighted by molar-refractivity contribution is -0.120. The fourth-order valence-corrected chi connectivity index (χ4v) is 1.88. The van der Waals surface area contributed by atoms with Crippen molar-refractivity contribution < 1.29 is 4.79 Å². The van der Waals surface area contributed by atoms with Crippen LogP contribution in [0.5, 0.6) is 0 Å². The van der Waals surface area contributed by atoms with Crippen LogP contribution in [0.3, 0.4) is 0 Å². The van der Waals surface area contributed by atoms with E-state index in [4.69, 9.17) is 0 Å². The molecule has 1 aromatic rings. The van der Waals surface area contributed by atoms with Gasteiger partial charge in [0, 0.05) is 19.5 Å². The highest BCUT2D eigenvalue weighted by atomic mass is 16.1. The van der Waals surface area contributed by atoms with Gasteiger partial charge >= 0.3 is 0 Å². The molecular weight excluding hydrogens is 236 g/mol. The summed E-state index contributed by atoms with van der Waals surface area (Å²) in [7, 11) is 0. The lowest BCUT2D eigenvalue weighted by atomic mass is 10.1. The van der Waals surface area contributed by atoms with Crippen molar-refractivity contribution in [1.82, 2.24) is 10.6 Å². The highest BCUT2D eigenvalue weighted by Gasteiger charge is 1.99. The SMILES string of the molecule is CCCCNC(=O)CCNCCCc1ccccc1. The number of amides is 1. The summed E-state index contributed by atoms with van der Waals surface area (Å²) < 4.78 is 0. The van der Waals surface area contributed by atoms with Crippen LogP contribution >= 0.6 is 0 Å². The van der Waals surface area contributed by atoms with Gasteiger partial charge in [0.25, 0.3) is 0 Å². The summed E-state index contributed by atoms with van der Waals surface area (Å²) in [6.45, 7) is 4.67. The van der Waals surface area contributed by atoms with Gasteiger partial charge in [-0.05, 0) is 31.4 Å². The van der Waals surface area contributed by atoms with Crippen molar-refractivity contribution >= 4 is 5.91 Å². The number of carbonyl (C=O) groups excluding carboxylic acids is 1. The Kier molecular flexibility index (Phi) is 8.73. The van der Waals surface area contributed by atoms with Crippen molar-refractivity contribution in [3.05, 3.63) is 35.9 Å². The van der Waals surface area contributed by atoms with Gasteiger partial charge in [0.1, 0.15) is 0 Å². The second-order valence-corrected chi connectivity index (χ2v) is 4.79. The fourth-order valence-electron chi connectivity index (χ4n) is 1.88. The molecule has 3 heteroatoms. The molecule has 0 spiro atoms. The van der Waals surface area contributed by atoms with Crippen LogP contribution in [0.25, 0.3) is 0 Å². The first-order valence-electron chi connectivity index (χ1n) is 7.34. The first kappa shape index (κ1) is 15.7. The Morgan fingerprint density at radius 3 is 2.58 bits per heavy atom. The van der Waals surface area contributed by atoms with Gasteiger partial charge in [0.2, 0.25) is 5.91 Å². The molecule has 0 radical (unpaired) electrons. The van der Waals surface area contributed by atoms with Crippen LogP contribution in [-0.2, 0) is 11.2 Å². The topological polar surface area (TPSA) is 41.1 Å². The monoisotopic (exact) mass is 262 g/mol. The Bertz CT molecular complexity index is 338. The van der Waals surface area contributed by atoms with Crippen molar-refractivity contribution in [3.8, 4) is 0 Å². The van der Waals surface area contributed by atoms with E-state index in [1.165, 1.54) is 5.56 Å². The number of hydrogen-bond acceptors (Lipinski definition) is 2. The molecule has 1 rings (SSSR count). The van der Waals surface area contributed by atoms with Crippen LogP contribution in [0.2, 0.25) is 0 Å². The Morgan fingerprint density at radius 1 is 1.05 bits per heavy atom. The van der Waals surface area contributed by atoms with Gasteiger partial charge < -0.3 is 10.6 Å². The zero-order chi connectivity index (χ0) is 13.8. The molecule has 3 nitrogen and oxygen atoms in total. The minimum absolute atomic E-state index is 0.156. The zero-order valence-corrected chi connectivity index (χ0v) is 12.0. The van der Waals surface area contributed by atoms with Gasteiger partial charge in [-0.25, -0.2) is 0 Å². The molecule has 0 unspecified atom stereocenters. The third-order valence-electron chi connectivity index (χ3n) is 3.04. The molecule has 0 saturated carbocycles. The molecule has 0 bridgehead atoms. The molecule has 0 fully saturated rings. The molecule has 0 atom stereocenters. The van der Waals surface area contributed by atoms with Crippen molar-refractivity contribution in [3.63, 3.8) is 0 Å². The quantitative estimate of drug-likeness (QED) is 0.636. The van der Waals surface area contributed by atoms with E-state index in [1.807, 2.05) is 6.07 Å². The number of benzene rings is 1. The summed E-state index contributed by atoms with van der Waals surface area (Å²) >= 11 is 0. The Balaban J connectivity index is 1.92. The second kappa shape index (κ2) is 10.6. The first-order valence-corrected chi connectivity index (χ1v) is 7.34. The summed E-state index contributed by atoms with van der Waals surface area (Å²) in [6.07, 6.45) is 4.97. The molecule has 2 N–H and O–H groups in total. The van der Waals surface area contributed by atoms with E-state index < -0.39 is 0 Å². The lowest BCUT2D eigenvalue weighted by Gasteiger charge is -2.06. The summed E-state index contributed by atoms with van der Waals surface area (Å²) in [4.78, 5) is 11.4. The fraction of sp³-hybridized carbons (Fsp3) is 0.562. The molecule has 0 aliphatic heterocycles. The van der Waals surface area contributed by atoms with E-state index in [0.29, 0.717) is 6.42 Å². The molecule has 106 valence electrons. The average Bonchev–Trinajstić information content (AvgIpc) is 2.44. The third kappa shape index (κ3) is 8.38. The lowest BCUT2D eigenvalue weighted by Crippen LogP contribution is -2.28. The minimum atomic E-state index is 0.156. The number of carbonyl (C=O) groups is 1. The molecule has 0 aliphatic carbocycles. The van der Waals surface area contributed by atoms with Crippen LogP contribution in [0.4, 0.5) is 0 Å². The molecule has 19 heavy (non-hydrogen) atoms. The van der Waals surface area contributed by atoms with Gasteiger partial charge in [-0.3, -0.25) is 4.79 Å². The standard InChI is InChI=1S/C16H26N2O/c1-2-3-13-18-16(19)11-14-17-12-7-10-15-8-5-4-6-9-15/h4-6,8-9,17H,2-3,7,10-14H2,1H3,(H,18,19). The number of nitrogens with one attached hydrogen (secondary N) is 2. The summed E-state index contributed by atoms with van der Waals surface area (Å²) in [5.74, 6) is 0.156. The summed E-state index contributed by atoms with van der Waals surface area (Å²) in [6, 6.07) is 10.5. The maximum Gasteiger partial charge on any atom is 0.221 e. The normalized spacial score (nSPS) is 10.4. The van der Waals surface area contributed by atoms with E-state index in [1.54, 1.807) is 0 Å². The number of rotatable bonds is 10. The van der Waals surface area contributed by atoms with Gasteiger partial charge in [0.05, 0.1) is 0 Å². The van der Waals surface area contributed by atoms with Gasteiger partial charge in [-0.2, -0.15) is 0 Å². The number of hydrogen-bond donors (Lipinski definition) is 2. The van der Waals surface area contributed by atoms with E-state index in [9.17, 15) is 4.79 Å². The minimum Gasteiger partial charge on any atom is -0.356 e. The van der Waals surface area contributed by atoms with Crippen LogP contribution in [0.15, 0.2) is 30.3 Å². The van der Waals surface area contributed by atoms with Crippen LogP contribution < -0.4 is 10.6 Å². The number of aryl methyl sites for hydroxylation is 1. The van der Waals surface area contributed by atoms with Crippen LogP contribution in [0.1, 0.15) is 38.2 Å². The van der Waals surface area contributed by atoms with Crippen molar-refractivity contribution in [2.75, 3.05) is 19.6 Å². The predicted molar refractivity (Wildman–Crippen MR) is 80.2 cm³/mol. The Hall–Kier alpha value is -1.35. The summed E-state index contributed by atoms with van der Waals surface area (Å²) in [5, 5.41) is 6.24. The smallest absolute Gasteiger partial charge is 0.221 e. The van der Waals surface area contributed by atoms with Crippen molar-refractivity contribution in [2.24, 2.45) is 0 Å². The molecule has 0 aromatic heterocycles. The maximum absolute atomic E-state index is 11.4. The van der Waals surface area contributed by atoms with E-state index >= 15 is 0 Å². The van der Waals surface area contributed by atoms with E-state index in [-0.39, 0.29) is 5.91 Å². The molecule has 0 heterocycles. The van der Waals surface area contributed by atoms with Gasteiger partial charge in [-0.1, -0.05) is 43.7 Å². The molecule has 0 saturated heterocycles. The van der Waals surface area contributed by atoms with Gasteiger partial charge in [0.15, 0.2) is 0 Å². The second-order valence-electron chi connectivity index (χ2n) is 4.79. The Morgan fingerprint density at radius 2 is 1.84 bits per heavy atom. The molecule has 1 aromatic carbocycles.